The third-order valence-corrected chi connectivity index (χ3v) is 10.3. The fourth-order valence-electron chi connectivity index (χ4n) is 8.09. The number of anilines is 1. The molecule has 9 heteroatoms. The predicted octanol–water partition coefficient (Wildman–Crippen LogP) is 6.01. The molecule has 0 unspecified atom stereocenters. The van der Waals surface area contributed by atoms with E-state index in [9.17, 15) is 9.50 Å². The molecule has 4 aliphatic rings. The molecule has 2 N–H and O–H groups in total. The van der Waals surface area contributed by atoms with Crippen molar-refractivity contribution in [2.24, 2.45) is 0 Å². The summed E-state index contributed by atoms with van der Waals surface area (Å²) < 4.78 is 20.9. The maximum Gasteiger partial charge on any atom is 0.319 e. The van der Waals surface area contributed by atoms with Crippen LogP contribution in [0.15, 0.2) is 42.5 Å². The number of nitrogens with zero attached hydrogens (tertiary/aromatic N) is 4. The Labute approximate surface area is 249 Å². The molecule has 218 valence electrons. The van der Waals surface area contributed by atoms with Gasteiger partial charge in [-0.25, -0.2) is 4.39 Å². The lowest BCUT2D eigenvalue weighted by atomic mass is 9.93. The van der Waals surface area contributed by atoms with Gasteiger partial charge in [-0.05, 0) is 85.5 Å². The van der Waals surface area contributed by atoms with E-state index in [1.54, 1.807) is 12.1 Å². The number of halogens is 2. The maximum atomic E-state index is 14.5. The summed E-state index contributed by atoms with van der Waals surface area (Å²) in [6, 6.07) is 14.7. The molecule has 0 spiro atoms. The number of aromatic nitrogens is 2. The van der Waals surface area contributed by atoms with Gasteiger partial charge in [-0.2, -0.15) is 9.97 Å². The summed E-state index contributed by atoms with van der Waals surface area (Å²) in [4.78, 5) is 14.7. The topological polar surface area (TPSA) is 73.8 Å². The Kier molecular flexibility index (Phi) is 6.25. The second-order valence-corrected chi connectivity index (χ2v) is 13.1. The average molecular weight is 588 g/mol. The number of hydrogen-bond acceptors (Lipinski definition) is 7. The van der Waals surface area contributed by atoms with Gasteiger partial charge in [0.15, 0.2) is 0 Å². The van der Waals surface area contributed by atoms with Gasteiger partial charge in [0.25, 0.3) is 0 Å². The summed E-state index contributed by atoms with van der Waals surface area (Å²) in [5.41, 5.74) is 3.32. The van der Waals surface area contributed by atoms with Crippen molar-refractivity contribution >= 4 is 39.1 Å². The van der Waals surface area contributed by atoms with Crippen molar-refractivity contribution < 1.29 is 14.2 Å². The number of rotatable bonds is 5. The maximum absolute atomic E-state index is 14.5. The lowest BCUT2D eigenvalue weighted by molar-refractivity contribution is 0.107. The Morgan fingerprint density at radius 2 is 1.93 bits per heavy atom. The second kappa shape index (κ2) is 9.93. The van der Waals surface area contributed by atoms with Crippen molar-refractivity contribution in [2.75, 3.05) is 37.7 Å². The van der Waals surface area contributed by atoms with E-state index in [-0.39, 0.29) is 11.3 Å². The first kappa shape index (κ1) is 26.4. The van der Waals surface area contributed by atoms with Crippen molar-refractivity contribution in [3.63, 3.8) is 0 Å². The highest BCUT2D eigenvalue weighted by Crippen LogP contribution is 2.43. The summed E-state index contributed by atoms with van der Waals surface area (Å²) in [5.74, 6) is 1.07. The first-order valence-electron chi connectivity index (χ1n) is 15.1. The highest BCUT2D eigenvalue weighted by molar-refractivity contribution is 6.36. The van der Waals surface area contributed by atoms with Crippen molar-refractivity contribution in [1.82, 2.24) is 20.2 Å². The third kappa shape index (κ3) is 4.29. The zero-order valence-corrected chi connectivity index (χ0v) is 24.5. The van der Waals surface area contributed by atoms with Crippen LogP contribution >= 0.6 is 11.6 Å². The molecule has 3 aromatic carbocycles. The minimum Gasteiger partial charge on any atom is -0.508 e. The van der Waals surface area contributed by atoms with E-state index in [4.69, 9.17) is 26.3 Å². The molecule has 0 amide bonds. The van der Waals surface area contributed by atoms with Crippen LogP contribution in [0.5, 0.6) is 11.8 Å². The smallest absolute Gasteiger partial charge is 0.319 e. The molecule has 1 aromatic heterocycles. The average Bonchev–Trinajstić information content (AvgIpc) is 3.61. The summed E-state index contributed by atoms with van der Waals surface area (Å²) in [7, 11) is 0. The van der Waals surface area contributed by atoms with Crippen molar-refractivity contribution in [3.8, 4) is 22.9 Å². The van der Waals surface area contributed by atoms with Crippen LogP contribution in [-0.2, 0) is 0 Å². The first-order valence-corrected chi connectivity index (χ1v) is 15.5. The van der Waals surface area contributed by atoms with Crippen molar-refractivity contribution in [1.29, 1.82) is 0 Å². The number of aromatic hydroxyl groups is 1. The molecular weight excluding hydrogens is 553 g/mol. The molecule has 7 nitrogen and oxygen atoms in total. The molecule has 2 bridgehead atoms. The molecule has 0 aliphatic carbocycles. The first-order chi connectivity index (χ1) is 20.4. The van der Waals surface area contributed by atoms with Gasteiger partial charge in [-0.1, -0.05) is 29.8 Å². The van der Waals surface area contributed by atoms with E-state index in [0.717, 1.165) is 76.7 Å². The molecule has 4 fully saturated rings. The van der Waals surface area contributed by atoms with E-state index < -0.39 is 6.17 Å². The minimum absolute atomic E-state index is 0.186. The fourth-order valence-corrected chi connectivity index (χ4v) is 8.37. The Bertz CT molecular complexity index is 1710. The van der Waals surface area contributed by atoms with Crippen molar-refractivity contribution in [2.45, 2.75) is 62.8 Å². The number of phenolic OH excluding ortho intramolecular Hbond substituents is 1. The zero-order chi connectivity index (χ0) is 28.6. The van der Waals surface area contributed by atoms with Crippen molar-refractivity contribution in [3.05, 3.63) is 53.1 Å². The molecule has 0 radical (unpaired) electrons. The van der Waals surface area contributed by atoms with Gasteiger partial charge < -0.3 is 20.1 Å². The Hall–Kier alpha value is -3.20. The zero-order valence-electron chi connectivity index (χ0n) is 23.7. The number of benzene rings is 3. The molecule has 4 aromatic rings. The number of aryl methyl sites for hydroxylation is 1. The summed E-state index contributed by atoms with van der Waals surface area (Å²) >= 11 is 6.71. The Morgan fingerprint density at radius 1 is 1.10 bits per heavy atom. The number of ether oxygens (including phenoxy) is 1. The summed E-state index contributed by atoms with van der Waals surface area (Å²) in [6.07, 6.45) is 4.03. The minimum atomic E-state index is -0.813. The van der Waals surface area contributed by atoms with Crippen LogP contribution in [0.25, 0.3) is 32.8 Å². The standard InChI is InChI=1S/C33H35ClFN5O2/c1-19-25(27-13-24(41)12-20-4-2-5-28(34)29(20)27)8-9-26-30(19)37-32(38-31(26)39-16-22-6-7-23(17-39)36-22)42-18-33-10-3-11-40(33)15-21(35)14-33/h2,4-5,8-9,12-13,21-23,36,41H,3,6-7,10-11,14-18H2,1H3/t21-,22-,23+,33+/m1/s1. The molecule has 5 heterocycles. The molecule has 0 saturated carbocycles. The predicted molar refractivity (Wildman–Crippen MR) is 165 cm³/mol. The molecule has 42 heavy (non-hydrogen) atoms. The summed E-state index contributed by atoms with van der Waals surface area (Å²) in [6.45, 7) is 5.62. The van der Waals surface area contributed by atoms with Gasteiger partial charge >= 0.3 is 6.01 Å². The van der Waals surface area contributed by atoms with Crippen LogP contribution in [0.1, 0.15) is 37.7 Å². The van der Waals surface area contributed by atoms with E-state index in [1.807, 2.05) is 18.2 Å². The van der Waals surface area contributed by atoms with Gasteiger partial charge in [-0.15, -0.1) is 0 Å². The van der Waals surface area contributed by atoms with E-state index in [2.05, 4.69) is 34.2 Å². The molecule has 8 rings (SSSR count). The third-order valence-electron chi connectivity index (χ3n) is 10.0. The van der Waals surface area contributed by atoms with Gasteiger partial charge in [0.1, 0.15) is 24.3 Å². The van der Waals surface area contributed by atoms with Crippen LogP contribution in [0.4, 0.5) is 10.2 Å². The van der Waals surface area contributed by atoms with Gasteiger partial charge in [0.2, 0.25) is 0 Å². The van der Waals surface area contributed by atoms with Crippen LogP contribution < -0.4 is 15.0 Å². The van der Waals surface area contributed by atoms with Crippen LogP contribution in [0, 0.1) is 6.92 Å². The highest BCUT2D eigenvalue weighted by Gasteiger charge is 2.49. The number of fused-ring (bicyclic) bond motifs is 5. The number of piperazine rings is 1. The Balaban J connectivity index is 1.26. The summed E-state index contributed by atoms with van der Waals surface area (Å²) in [5, 5.41) is 17.7. The lowest BCUT2D eigenvalue weighted by Crippen LogP contribution is -2.51. The second-order valence-electron chi connectivity index (χ2n) is 12.7. The lowest BCUT2D eigenvalue weighted by Gasteiger charge is -2.35. The number of phenols is 1. The number of nitrogens with one attached hydrogen (secondary N) is 1. The van der Waals surface area contributed by atoms with Gasteiger partial charge in [0.05, 0.1) is 11.1 Å². The molecule has 4 saturated heterocycles. The highest BCUT2D eigenvalue weighted by atomic mass is 35.5. The number of hydrogen-bond donors (Lipinski definition) is 2. The van der Waals surface area contributed by atoms with E-state index in [1.165, 1.54) is 12.8 Å². The number of alkyl halides is 1. The molecule has 4 aliphatic heterocycles. The van der Waals surface area contributed by atoms with Crippen LogP contribution in [0.2, 0.25) is 5.02 Å². The van der Waals surface area contributed by atoms with Crippen LogP contribution in [0.3, 0.4) is 0 Å². The monoisotopic (exact) mass is 587 g/mol. The largest absolute Gasteiger partial charge is 0.508 e. The van der Waals surface area contributed by atoms with E-state index >= 15 is 0 Å². The van der Waals surface area contributed by atoms with Gasteiger partial charge in [0, 0.05) is 53.9 Å². The molecular formula is C33H35ClFN5O2. The van der Waals surface area contributed by atoms with E-state index in [0.29, 0.717) is 42.7 Å². The normalized spacial score (nSPS) is 27.3. The Morgan fingerprint density at radius 3 is 2.76 bits per heavy atom. The van der Waals surface area contributed by atoms with Crippen LogP contribution in [-0.4, -0.2) is 76.6 Å². The van der Waals surface area contributed by atoms with Gasteiger partial charge in [-0.3, -0.25) is 4.90 Å². The molecule has 4 atom stereocenters. The fraction of sp³-hybridized carbons (Fsp3) is 0.455. The quantitative estimate of drug-likeness (QED) is 0.296. The SMILES string of the molecule is Cc1c(-c2cc(O)cc3cccc(Cl)c23)ccc2c(N3C[C@H]4CC[C@@H](C3)N4)nc(OC[C@@]34CCCN3C[C@H](F)C4)nc12.